The number of ketones is 1. The minimum Gasteiger partial charge on any atom is -0.477 e. The van der Waals surface area contributed by atoms with E-state index in [0.29, 0.717) is 54.8 Å². The molecule has 1 fully saturated rings. The summed E-state index contributed by atoms with van der Waals surface area (Å²) in [6, 6.07) is 10.5. The number of Topliss-reactive ketones (excluding diaryl/α,β-unsaturated/α-hetero) is 1. The van der Waals surface area contributed by atoms with E-state index < -0.39 is 6.10 Å². The molecule has 10 heteroatoms. The fraction of sp³-hybridized carbons (Fsp3) is 0.375. The number of rotatable bonds is 5. The van der Waals surface area contributed by atoms with Crippen LogP contribution < -0.4 is 24.4 Å². The minimum atomic E-state index is -0.737. The zero-order valence-electron chi connectivity index (χ0n) is 18.7. The van der Waals surface area contributed by atoms with E-state index in [1.54, 1.807) is 23.1 Å². The Hall–Kier alpha value is -3.79. The molecule has 0 unspecified atom stereocenters. The second-order valence-electron chi connectivity index (χ2n) is 8.25. The van der Waals surface area contributed by atoms with Crippen molar-refractivity contribution in [2.45, 2.75) is 13.0 Å². The van der Waals surface area contributed by atoms with Crippen molar-refractivity contribution in [2.24, 2.45) is 0 Å². The number of nitrogens with zero attached hydrogens (tertiary/aromatic N) is 2. The van der Waals surface area contributed by atoms with Crippen LogP contribution in [0.15, 0.2) is 36.4 Å². The number of nitrogens with one attached hydrogen (secondary N) is 1. The van der Waals surface area contributed by atoms with Gasteiger partial charge in [-0.2, -0.15) is 0 Å². The standard InChI is InChI=1S/C24H25N3O7/c1-15(28)16-10-20-21(33-14-32-20)11-17(16)25-23(29)13-27-12-22(24(30)26-6-8-31-9-7-26)34-19-5-3-2-4-18(19)27/h2-5,10-11,22H,6-9,12-14H2,1H3,(H,25,29)/t22-/m0/s1. The summed E-state index contributed by atoms with van der Waals surface area (Å²) in [7, 11) is 0. The molecule has 1 atom stereocenters. The lowest BCUT2D eigenvalue weighted by Gasteiger charge is -2.38. The molecule has 3 aliphatic rings. The van der Waals surface area contributed by atoms with Gasteiger partial charge in [-0.1, -0.05) is 12.1 Å². The SMILES string of the molecule is CC(=O)c1cc2c(cc1NC(=O)CN1C[C@@H](C(=O)N3CCOCC3)Oc3ccccc31)OCO2. The number of morpholine rings is 1. The first-order valence-corrected chi connectivity index (χ1v) is 11.1. The summed E-state index contributed by atoms with van der Waals surface area (Å²) >= 11 is 0. The van der Waals surface area contributed by atoms with E-state index in [1.165, 1.54) is 6.92 Å². The van der Waals surface area contributed by atoms with E-state index in [1.807, 2.05) is 23.1 Å². The van der Waals surface area contributed by atoms with E-state index in [2.05, 4.69) is 5.32 Å². The van der Waals surface area contributed by atoms with Crippen molar-refractivity contribution in [3.05, 3.63) is 42.0 Å². The molecule has 3 heterocycles. The quantitative estimate of drug-likeness (QED) is 0.662. The maximum Gasteiger partial charge on any atom is 0.265 e. The van der Waals surface area contributed by atoms with Crippen molar-refractivity contribution in [1.82, 2.24) is 4.90 Å². The molecular weight excluding hydrogens is 442 g/mol. The van der Waals surface area contributed by atoms with Crippen LogP contribution in [0.3, 0.4) is 0 Å². The lowest BCUT2D eigenvalue weighted by atomic mass is 10.1. The molecule has 1 N–H and O–H groups in total. The van der Waals surface area contributed by atoms with E-state index in [9.17, 15) is 14.4 Å². The van der Waals surface area contributed by atoms with Crippen LogP contribution in [-0.4, -0.2) is 74.8 Å². The van der Waals surface area contributed by atoms with Crippen LogP contribution in [0.1, 0.15) is 17.3 Å². The summed E-state index contributed by atoms with van der Waals surface area (Å²) in [5.41, 5.74) is 1.41. The van der Waals surface area contributed by atoms with Gasteiger partial charge in [0.1, 0.15) is 5.75 Å². The molecule has 3 aliphatic heterocycles. The van der Waals surface area contributed by atoms with E-state index >= 15 is 0 Å². The average Bonchev–Trinajstić information content (AvgIpc) is 3.31. The number of para-hydroxylation sites is 2. The molecule has 1 saturated heterocycles. The van der Waals surface area contributed by atoms with Gasteiger partial charge < -0.3 is 34.1 Å². The van der Waals surface area contributed by atoms with Crippen molar-refractivity contribution >= 4 is 29.0 Å². The Balaban J connectivity index is 1.34. The second-order valence-corrected chi connectivity index (χ2v) is 8.25. The highest BCUT2D eigenvalue weighted by Gasteiger charge is 2.35. The molecule has 0 bridgehead atoms. The van der Waals surface area contributed by atoms with Gasteiger partial charge >= 0.3 is 0 Å². The van der Waals surface area contributed by atoms with Gasteiger partial charge in [0.15, 0.2) is 23.4 Å². The molecule has 2 aromatic rings. The Morgan fingerprint density at radius 3 is 2.53 bits per heavy atom. The molecule has 0 radical (unpaired) electrons. The highest BCUT2D eigenvalue weighted by Crippen LogP contribution is 2.38. The molecule has 0 aliphatic carbocycles. The van der Waals surface area contributed by atoms with Gasteiger partial charge in [0.25, 0.3) is 5.91 Å². The Labute approximate surface area is 196 Å². The van der Waals surface area contributed by atoms with Crippen molar-refractivity contribution in [2.75, 3.05) is 56.4 Å². The number of carbonyl (C=O) groups excluding carboxylic acids is 3. The largest absolute Gasteiger partial charge is 0.477 e. The summed E-state index contributed by atoms with van der Waals surface area (Å²) in [6.07, 6.45) is -0.737. The van der Waals surface area contributed by atoms with Gasteiger partial charge in [-0.05, 0) is 25.1 Å². The summed E-state index contributed by atoms with van der Waals surface area (Å²) < 4.78 is 22.1. The Morgan fingerprint density at radius 2 is 1.76 bits per heavy atom. The summed E-state index contributed by atoms with van der Waals surface area (Å²) in [5.74, 6) is 0.804. The first-order valence-electron chi connectivity index (χ1n) is 11.1. The third kappa shape index (κ3) is 4.36. The lowest BCUT2D eigenvalue weighted by molar-refractivity contribution is -0.142. The van der Waals surface area contributed by atoms with Crippen molar-refractivity contribution in [3.8, 4) is 17.2 Å². The van der Waals surface area contributed by atoms with Crippen LogP contribution in [0.2, 0.25) is 0 Å². The number of benzene rings is 2. The predicted octanol–water partition coefficient (Wildman–Crippen LogP) is 1.68. The number of carbonyl (C=O) groups is 3. The Morgan fingerprint density at radius 1 is 1.03 bits per heavy atom. The highest BCUT2D eigenvalue weighted by atomic mass is 16.7. The van der Waals surface area contributed by atoms with E-state index in [4.69, 9.17) is 18.9 Å². The van der Waals surface area contributed by atoms with Crippen LogP contribution in [0.5, 0.6) is 17.2 Å². The molecular formula is C24H25N3O7. The van der Waals surface area contributed by atoms with Crippen LogP contribution >= 0.6 is 0 Å². The number of fused-ring (bicyclic) bond motifs is 2. The zero-order chi connectivity index (χ0) is 23.7. The monoisotopic (exact) mass is 467 g/mol. The maximum absolute atomic E-state index is 13.1. The zero-order valence-corrected chi connectivity index (χ0v) is 18.7. The number of amides is 2. The average molecular weight is 467 g/mol. The molecule has 5 rings (SSSR count). The molecule has 2 amide bonds. The van der Waals surface area contributed by atoms with Gasteiger partial charge in [0.05, 0.1) is 37.7 Å². The van der Waals surface area contributed by atoms with Gasteiger partial charge in [0.2, 0.25) is 12.7 Å². The number of hydrogen-bond donors (Lipinski definition) is 1. The first-order chi connectivity index (χ1) is 16.5. The third-order valence-electron chi connectivity index (χ3n) is 5.96. The fourth-order valence-electron chi connectivity index (χ4n) is 4.27. The fourth-order valence-corrected chi connectivity index (χ4v) is 4.27. The van der Waals surface area contributed by atoms with Crippen LogP contribution in [-0.2, 0) is 14.3 Å². The minimum absolute atomic E-state index is 0.0287. The predicted molar refractivity (Wildman–Crippen MR) is 122 cm³/mol. The molecule has 0 saturated carbocycles. The van der Waals surface area contributed by atoms with Gasteiger partial charge in [-0.15, -0.1) is 0 Å². The molecule has 178 valence electrons. The summed E-state index contributed by atoms with van der Waals surface area (Å²) in [6.45, 7) is 3.70. The summed E-state index contributed by atoms with van der Waals surface area (Å²) in [5, 5.41) is 2.82. The molecule has 34 heavy (non-hydrogen) atoms. The third-order valence-corrected chi connectivity index (χ3v) is 5.96. The second kappa shape index (κ2) is 9.22. The van der Waals surface area contributed by atoms with Crippen molar-refractivity contribution in [1.29, 1.82) is 0 Å². The maximum atomic E-state index is 13.1. The molecule has 0 spiro atoms. The molecule has 2 aromatic carbocycles. The van der Waals surface area contributed by atoms with Crippen LogP contribution in [0.4, 0.5) is 11.4 Å². The number of ether oxygens (including phenoxy) is 4. The number of hydrogen-bond acceptors (Lipinski definition) is 8. The van der Waals surface area contributed by atoms with Crippen LogP contribution in [0.25, 0.3) is 0 Å². The number of anilines is 2. The first kappa shape index (κ1) is 22.0. The Bertz CT molecular complexity index is 1130. The van der Waals surface area contributed by atoms with Crippen LogP contribution in [0, 0.1) is 0 Å². The van der Waals surface area contributed by atoms with Gasteiger partial charge in [0, 0.05) is 24.7 Å². The van der Waals surface area contributed by atoms with E-state index in [-0.39, 0.29) is 37.5 Å². The highest BCUT2D eigenvalue weighted by molar-refractivity contribution is 6.05. The summed E-state index contributed by atoms with van der Waals surface area (Å²) in [4.78, 5) is 41.8. The van der Waals surface area contributed by atoms with Gasteiger partial charge in [-0.3, -0.25) is 14.4 Å². The molecule has 0 aromatic heterocycles. The van der Waals surface area contributed by atoms with E-state index in [0.717, 1.165) is 5.69 Å². The molecule has 10 nitrogen and oxygen atoms in total. The normalized spacial score (nSPS) is 18.7. The van der Waals surface area contributed by atoms with Gasteiger partial charge in [-0.25, -0.2) is 0 Å². The topological polar surface area (TPSA) is 107 Å². The smallest absolute Gasteiger partial charge is 0.265 e. The van der Waals surface area contributed by atoms with Crippen molar-refractivity contribution in [3.63, 3.8) is 0 Å². The van der Waals surface area contributed by atoms with Crippen molar-refractivity contribution < 1.29 is 33.3 Å². The Kier molecular flexibility index (Phi) is 5.97. The lowest BCUT2D eigenvalue weighted by Crippen LogP contribution is -2.53.